The summed E-state index contributed by atoms with van der Waals surface area (Å²) in [5, 5.41) is 3.81. The van der Waals surface area contributed by atoms with Crippen LogP contribution in [0.5, 0.6) is 0 Å². The van der Waals surface area contributed by atoms with Crippen LogP contribution < -0.4 is 5.32 Å². The van der Waals surface area contributed by atoms with Crippen molar-refractivity contribution in [1.29, 1.82) is 0 Å². The number of hydrogen-bond donors (Lipinski definition) is 1. The SMILES string of the molecule is CCCCC1=NCC(C23CCC(CNc4cccc(C5=NC(CC6CC6)=NC5)c4)(CC2)C3)=N1. The molecule has 3 saturated carbocycles. The van der Waals surface area contributed by atoms with Crippen LogP contribution in [0.4, 0.5) is 5.69 Å². The lowest BCUT2D eigenvalue weighted by Gasteiger charge is -2.28. The minimum absolute atomic E-state index is 0.328. The monoisotopic (exact) mass is 443 g/mol. The summed E-state index contributed by atoms with van der Waals surface area (Å²) in [6, 6.07) is 8.82. The van der Waals surface area contributed by atoms with Gasteiger partial charge in [0.1, 0.15) is 11.7 Å². The second-order valence-electron chi connectivity index (χ2n) is 11.2. The first kappa shape index (κ1) is 21.2. The van der Waals surface area contributed by atoms with Crippen LogP contribution in [0.15, 0.2) is 44.2 Å². The van der Waals surface area contributed by atoms with E-state index in [0.717, 1.165) is 55.8 Å². The number of nitrogens with zero attached hydrogens (tertiary/aromatic N) is 4. The molecule has 1 aromatic rings. The number of anilines is 1. The number of aliphatic imine (C=N–C) groups is 4. The van der Waals surface area contributed by atoms with Crippen LogP contribution in [0.3, 0.4) is 0 Å². The van der Waals surface area contributed by atoms with Crippen molar-refractivity contribution in [3.8, 4) is 0 Å². The number of unbranched alkanes of at least 4 members (excludes halogenated alkanes) is 1. The van der Waals surface area contributed by atoms with Crippen LogP contribution in [0.1, 0.15) is 83.1 Å². The molecular formula is C28H37N5. The molecule has 0 amide bonds. The number of nitrogens with one attached hydrogen (secondary N) is 1. The van der Waals surface area contributed by atoms with E-state index in [1.54, 1.807) is 0 Å². The molecule has 33 heavy (non-hydrogen) atoms. The Morgan fingerprint density at radius 2 is 1.85 bits per heavy atom. The highest BCUT2D eigenvalue weighted by atomic mass is 15.0. The third-order valence-corrected chi connectivity index (χ3v) is 8.73. The number of fused-ring (bicyclic) bond motifs is 2. The molecule has 1 N–H and O–H groups in total. The van der Waals surface area contributed by atoms with Gasteiger partial charge in [-0.25, -0.2) is 9.98 Å². The van der Waals surface area contributed by atoms with Crippen LogP contribution in [0, 0.1) is 16.7 Å². The Balaban J connectivity index is 1.07. The summed E-state index contributed by atoms with van der Waals surface area (Å²) in [5.41, 5.74) is 5.71. The summed E-state index contributed by atoms with van der Waals surface area (Å²) >= 11 is 0. The lowest BCUT2D eigenvalue weighted by molar-refractivity contribution is 0.312. The fraction of sp³-hybridized carbons (Fsp3) is 0.643. The summed E-state index contributed by atoms with van der Waals surface area (Å²) in [5.74, 6) is 3.02. The van der Waals surface area contributed by atoms with Gasteiger partial charge in [0, 0.05) is 36.2 Å². The zero-order valence-corrected chi connectivity index (χ0v) is 20.1. The first-order valence-corrected chi connectivity index (χ1v) is 13.2. The van der Waals surface area contributed by atoms with Crippen molar-refractivity contribution in [3.05, 3.63) is 29.8 Å². The molecule has 0 spiro atoms. The molecule has 3 aliphatic carbocycles. The smallest absolute Gasteiger partial charge is 0.124 e. The minimum Gasteiger partial charge on any atom is -0.384 e. The Labute approximate surface area is 198 Å². The molecule has 0 atom stereocenters. The molecule has 5 nitrogen and oxygen atoms in total. The number of hydrogen-bond acceptors (Lipinski definition) is 5. The maximum absolute atomic E-state index is 5.03. The second-order valence-corrected chi connectivity index (χ2v) is 11.2. The van der Waals surface area contributed by atoms with E-state index in [1.807, 2.05) is 0 Å². The highest BCUT2D eigenvalue weighted by Gasteiger charge is 2.56. The van der Waals surface area contributed by atoms with Crippen LogP contribution >= 0.6 is 0 Å². The van der Waals surface area contributed by atoms with Crippen molar-refractivity contribution in [1.82, 2.24) is 0 Å². The van der Waals surface area contributed by atoms with Gasteiger partial charge >= 0.3 is 0 Å². The van der Waals surface area contributed by atoms with Gasteiger partial charge in [-0.15, -0.1) is 0 Å². The third kappa shape index (κ3) is 4.31. The molecule has 3 fully saturated rings. The normalized spacial score (nSPS) is 30.3. The van der Waals surface area contributed by atoms with Gasteiger partial charge in [-0.3, -0.25) is 9.98 Å². The summed E-state index contributed by atoms with van der Waals surface area (Å²) in [7, 11) is 0. The molecule has 2 aliphatic heterocycles. The molecule has 5 aliphatic rings. The molecule has 1 aromatic carbocycles. The number of amidine groups is 2. The molecule has 0 aromatic heterocycles. The first-order chi connectivity index (χ1) is 16.2. The molecule has 2 bridgehead atoms. The Morgan fingerprint density at radius 1 is 1.00 bits per heavy atom. The van der Waals surface area contributed by atoms with E-state index < -0.39 is 0 Å². The maximum atomic E-state index is 5.03. The topological polar surface area (TPSA) is 61.5 Å². The van der Waals surface area contributed by atoms with Crippen LogP contribution in [0.25, 0.3) is 0 Å². The van der Waals surface area contributed by atoms with Gasteiger partial charge in [-0.1, -0.05) is 25.5 Å². The van der Waals surface area contributed by atoms with E-state index >= 15 is 0 Å². The van der Waals surface area contributed by atoms with Crippen molar-refractivity contribution in [3.63, 3.8) is 0 Å². The minimum atomic E-state index is 0.328. The zero-order valence-electron chi connectivity index (χ0n) is 20.1. The summed E-state index contributed by atoms with van der Waals surface area (Å²) in [6.45, 7) is 4.90. The van der Waals surface area contributed by atoms with E-state index in [9.17, 15) is 0 Å². The molecule has 0 unspecified atom stereocenters. The number of rotatable bonds is 10. The van der Waals surface area contributed by atoms with Gasteiger partial charge in [0.05, 0.1) is 18.8 Å². The first-order valence-electron chi connectivity index (χ1n) is 13.2. The fourth-order valence-electron chi connectivity index (χ4n) is 6.45. The fourth-order valence-corrected chi connectivity index (χ4v) is 6.45. The highest BCUT2D eigenvalue weighted by Crippen LogP contribution is 2.62. The van der Waals surface area contributed by atoms with Gasteiger partial charge in [0.2, 0.25) is 0 Å². The van der Waals surface area contributed by atoms with Crippen molar-refractivity contribution >= 4 is 28.8 Å². The van der Waals surface area contributed by atoms with Gasteiger partial charge in [-0.2, -0.15) is 0 Å². The van der Waals surface area contributed by atoms with Crippen LogP contribution in [0.2, 0.25) is 0 Å². The summed E-state index contributed by atoms with van der Waals surface area (Å²) in [6.07, 6.45) is 13.8. The van der Waals surface area contributed by atoms with Crippen molar-refractivity contribution in [2.45, 2.75) is 77.6 Å². The van der Waals surface area contributed by atoms with Gasteiger partial charge in [0.25, 0.3) is 0 Å². The predicted molar refractivity (Wildman–Crippen MR) is 138 cm³/mol. The Bertz CT molecular complexity index is 1030. The number of benzene rings is 1. The largest absolute Gasteiger partial charge is 0.384 e. The van der Waals surface area contributed by atoms with Crippen molar-refractivity contribution in [2.75, 3.05) is 25.0 Å². The lowest BCUT2D eigenvalue weighted by atomic mass is 9.79. The molecule has 2 heterocycles. The molecule has 174 valence electrons. The molecular weight excluding hydrogens is 406 g/mol. The van der Waals surface area contributed by atoms with Gasteiger partial charge in [0.15, 0.2) is 0 Å². The van der Waals surface area contributed by atoms with Crippen LogP contribution in [-0.2, 0) is 0 Å². The average molecular weight is 444 g/mol. The van der Waals surface area contributed by atoms with E-state index in [0.29, 0.717) is 10.8 Å². The van der Waals surface area contributed by atoms with Gasteiger partial charge in [-0.05, 0) is 80.4 Å². The standard InChI is InChI=1S/C28H37N5/c1-2-3-7-25-30-17-24(33-25)28-12-10-27(18-28,11-13-28)19-31-22-6-4-5-21(15-22)23-16-29-26(32-23)14-20-8-9-20/h4-6,15,20,31H,2-3,7-14,16-19H2,1H3. The van der Waals surface area contributed by atoms with Gasteiger partial charge < -0.3 is 5.32 Å². The lowest BCUT2D eigenvalue weighted by Crippen LogP contribution is -2.27. The van der Waals surface area contributed by atoms with Crippen LogP contribution in [-0.4, -0.2) is 42.7 Å². The molecule has 5 heteroatoms. The zero-order chi connectivity index (χ0) is 22.3. The summed E-state index contributed by atoms with van der Waals surface area (Å²) < 4.78 is 0. The van der Waals surface area contributed by atoms with Crippen molar-refractivity contribution in [2.24, 2.45) is 36.7 Å². The molecule has 0 saturated heterocycles. The van der Waals surface area contributed by atoms with E-state index in [2.05, 4.69) is 41.5 Å². The average Bonchev–Trinajstić information content (AvgIpc) is 3.24. The Morgan fingerprint density at radius 3 is 2.67 bits per heavy atom. The summed E-state index contributed by atoms with van der Waals surface area (Å²) in [4.78, 5) is 19.3. The maximum Gasteiger partial charge on any atom is 0.124 e. The quantitative estimate of drug-likeness (QED) is 0.467. The van der Waals surface area contributed by atoms with E-state index in [-0.39, 0.29) is 0 Å². The molecule has 6 rings (SSSR count). The van der Waals surface area contributed by atoms with E-state index in [1.165, 1.54) is 74.7 Å². The second kappa shape index (κ2) is 8.48. The van der Waals surface area contributed by atoms with Crippen molar-refractivity contribution < 1.29 is 0 Å². The third-order valence-electron chi connectivity index (χ3n) is 8.73. The Kier molecular flexibility index (Phi) is 5.46. The molecule has 0 radical (unpaired) electrons. The highest BCUT2D eigenvalue weighted by molar-refractivity contribution is 6.13. The Hall–Kier alpha value is -2.30. The van der Waals surface area contributed by atoms with E-state index in [4.69, 9.17) is 15.0 Å². The predicted octanol–water partition coefficient (Wildman–Crippen LogP) is 6.09.